The number of amides is 1. The van der Waals surface area contributed by atoms with E-state index in [0.29, 0.717) is 11.6 Å². The zero-order valence-electron chi connectivity index (χ0n) is 11.5. The summed E-state index contributed by atoms with van der Waals surface area (Å²) in [5, 5.41) is 13.8. The Balaban J connectivity index is 1.67. The van der Waals surface area contributed by atoms with E-state index in [4.69, 9.17) is 5.11 Å². The van der Waals surface area contributed by atoms with Gasteiger partial charge in [0, 0.05) is 22.4 Å². The van der Waals surface area contributed by atoms with Crippen molar-refractivity contribution in [3.63, 3.8) is 0 Å². The molecule has 0 radical (unpaired) electrons. The van der Waals surface area contributed by atoms with Crippen molar-refractivity contribution < 1.29 is 14.7 Å². The quantitative estimate of drug-likeness (QED) is 0.908. The second-order valence-electron chi connectivity index (χ2n) is 5.29. The minimum Gasteiger partial charge on any atom is -0.478 e. The fourth-order valence-electron chi connectivity index (χ4n) is 2.50. The summed E-state index contributed by atoms with van der Waals surface area (Å²) < 4.78 is 0. The van der Waals surface area contributed by atoms with Gasteiger partial charge in [0.1, 0.15) is 0 Å². The number of carbonyl (C=O) groups is 2. The number of aromatic carboxylic acids is 1. The van der Waals surface area contributed by atoms with Crippen molar-refractivity contribution in [2.45, 2.75) is 19.3 Å². The van der Waals surface area contributed by atoms with Crippen LogP contribution in [-0.2, 0) is 4.79 Å². The molecular weight excluding hydrogens is 286 g/mol. The SMILES string of the molecule is Cc1ccsc1C1CC1C(=O)Nc1cccc(C(=O)O)c1. The van der Waals surface area contributed by atoms with E-state index in [0.717, 1.165) is 6.42 Å². The van der Waals surface area contributed by atoms with E-state index in [1.165, 1.54) is 22.6 Å². The normalized spacial score (nSPS) is 20.0. The first kappa shape index (κ1) is 13.8. The molecule has 21 heavy (non-hydrogen) atoms. The molecule has 1 aliphatic carbocycles. The Morgan fingerprint density at radius 1 is 1.33 bits per heavy atom. The Morgan fingerprint density at radius 3 is 2.81 bits per heavy atom. The molecule has 0 spiro atoms. The zero-order chi connectivity index (χ0) is 15.0. The summed E-state index contributed by atoms with van der Waals surface area (Å²) in [6, 6.07) is 8.40. The Kier molecular flexibility index (Phi) is 3.51. The van der Waals surface area contributed by atoms with Gasteiger partial charge in [-0.2, -0.15) is 0 Å². The lowest BCUT2D eigenvalue weighted by molar-refractivity contribution is -0.117. The molecule has 1 fully saturated rings. The van der Waals surface area contributed by atoms with Crippen LogP contribution < -0.4 is 5.32 Å². The molecule has 1 saturated carbocycles. The third-order valence-electron chi connectivity index (χ3n) is 3.74. The molecule has 2 atom stereocenters. The number of anilines is 1. The summed E-state index contributed by atoms with van der Waals surface area (Å²) in [4.78, 5) is 24.4. The number of nitrogens with one attached hydrogen (secondary N) is 1. The molecular formula is C16H15NO3S. The molecule has 0 bridgehead atoms. The van der Waals surface area contributed by atoms with Gasteiger partial charge in [0.15, 0.2) is 0 Å². The van der Waals surface area contributed by atoms with E-state index in [1.807, 2.05) is 5.38 Å². The lowest BCUT2D eigenvalue weighted by Crippen LogP contribution is -2.14. The van der Waals surface area contributed by atoms with Crippen LogP contribution in [-0.4, -0.2) is 17.0 Å². The third-order valence-corrected chi connectivity index (χ3v) is 4.89. The second kappa shape index (κ2) is 5.33. The van der Waals surface area contributed by atoms with E-state index >= 15 is 0 Å². The predicted octanol–water partition coefficient (Wildman–Crippen LogP) is 3.50. The number of rotatable bonds is 4. The first-order valence-electron chi connectivity index (χ1n) is 6.74. The van der Waals surface area contributed by atoms with E-state index in [-0.39, 0.29) is 17.4 Å². The molecule has 3 rings (SSSR count). The van der Waals surface area contributed by atoms with Crippen LogP contribution in [0.1, 0.15) is 33.1 Å². The highest BCUT2D eigenvalue weighted by Gasteiger charge is 2.45. The minimum atomic E-state index is -0.996. The number of aryl methyl sites for hydroxylation is 1. The highest BCUT2D eigenvalue weighted by Crippen LogP contribution is 2.50. The van der Waals surface area contributed by atoms with Crippen molar-refractivity contribution in [1.82, 2.24) is 0 Å². The van der Waals surface area contributed by atoms with Crippen molar-refractivity contribution in [3.8, 4) is 0 Å². The van der Waals surface area contributed by atoms with Gasteiger partial charge in [-0.3, -0.25) is 4.79 Å². The number of benzene rings is 1. The fraction of sp³-hybridized carbons (Fsp3) is 0.250. The van der Waals surface area contributed by atoms with E-state index in [9.17, 15) is 9.59 Å². The molecule has 2 aromatic rings. The third kappa shape index (κ3) is 2.83. The average Bonchev–Trinajstić information content (AvgIpc) is 3.14. The summed E-state index contributed by atoms with van der Waals surface area (Å²) in [6.07, 6.45) is 0.867. The van der Waals surface area contributed by atoms with Crippen LogP contribution >= 0.6 is 11.3 Å². The first-order valence-corrected chi connectivity index (χ1v) is 7.62. The molecule has 1 aromatic carbocycles. The topological polar surface area (TPSA) is 66.4 Å². The van der Waals surface area contributed by atoms with Gasteiger partial charge in [0.05, 0.1) is 5.56 Å². The molecule has 108 valence electrons. The fourth-order valence-corrected chi connectivity index (χ4v) is 3.61. The molecule has 5 heteroatoms. The van der Waals surface area contributed by atoms with Crippen molar-refractivity contribution in [1.29, 1.82) is 0 Å². The summed E-state index contributed by atoms with van der Waals surface area (Å²) >= 11 is 1.70. The predicted molar refractivity (Wildman–Crippen MR) is 81.9 cm³/mol. The zero-order valence-corrected chi connectivity index (χ0v) is 12.3. The molecule has 2 unspecified atom stereocenters. The van der Waals surface area contributed by atoms with Gasteiger partial charge < -0.3 is 10.4 Å². The van der Waals surface area contributed by atoms with Gasteiger partial charge in [-0.15, -0.1) is 11.3 Å². The highest BCUT2D eigenvalue weighted by molar-refractivity contribution is 7.10. The number of hydrogen-bond acceptors (Lipinski definition) is 3. The Labute approximate surface area is 126 Å². The number of carboxylic acids is 1. The molecule has 1 aliphatic rings. The van der Waals surface area contributed by atoms with Crippen LogP contribution in [0.5, 0.6) is 0 Å². The minimum absolute atomic E-state index is 0.00386. The summed E-state index contributed by atoms with van der Waals surface area (Å²) in [5.41, 5.74) is 1.95. The number of hydrogen-bond donors (Lipinski definition) is 2. The van der Waals surface area contributed by atoms with E-state index < -0.39 is 5.97 Å². The second-order valence-corrected chi connectivity index (χ2v) is 6.24. The molecule has 1 aromatic heterocycles. The monoisotopic (exact) mass is 301 g/mol. The van der Waals surface area contributed by atoms with Crippen molar-refractivity contribution in [3.05, 3.63) is 51.7 Å². The van der Waals surface area contributed by atoms with Crippen LogP contribution in [0.15, 0.2) is 35.7 Å². The Morgan fingerprint density at radius 2 is 2.14 bits per heavy atom. The van der Waals surface area contributed by atoms with Gasteiger partial charge in [-0.25, -0.2) is 4.79 Å². The first-order chi connectivity index (χ1) is 10.1. The maximum Gasteiger partial charge on any atom is 0.335 e. The smallest absolute Gasteiger partial charge is 0.335 e. The Hall–Kier alpha value is -2.14. The number of carbonyl (C=O) groups excluding carboxylic acids is 1. The Bertz CT molecular complexity index is 707. The van der Waals surface area contributed by atoms with Crippen molar-refractivity contribution >= 4 is 28.9 Å². The standard InChI is InChI=1S/C16H15NO3S/c1-9-5-6-21-14(9)12-8-13(12)15(18)17-11-4-2-3-10(7-11)16(19)20/h2-7,12-13H,8H2,1H3,(H,17,18)(H,19,20). The molecule has 1 heterocycles. The molecule has 0 aliphatic heterocycles. The van der Waals surface area contributed by atoms with Gasteiger partial charge >= 0.3 is 5.97 Å². The van der Waals surface area contributed by atoms with Gasteiger partial charge in [-0.05, 0) is 48.6 Å². The largest absolute Gasteiger partial charge is 0.478 e. The van der Waals surface area contributed by atoms with Crippen LogP contribution in [0, 0.1) is 12.8 Å². The molecule has 1 amide bonds. The van der Waals surface area contributed by atoms with Gasteiger partial charge in [-0.1, -0.05) is 6.07 Å². The van der Waals surface area contributed by atoms with Crippen molar-refractivity contribution in [2.75, 3.05) is 5.32 Å². The lowest BCUT2D eigenvalue weighted by Gasteiger charge is -2.05. The van der Waals surface area contributed by atoms with Crippen LogP contribution in [0.3, 0.4) is 0 Å². The summed E-state index contributed by atoms with van der Waals surface area (Å²) in [7, 11) is 0. The van der Waals surface area contributed by atoms with Gasteiger partial charge in [0.25, 0.3) is 0 Å². The number of carboxylic acid groups (broad SMARTS) is 1. The summed E-state index contributed by atoms with van der Waals surface area (Å²) in [5.74, 6) is -0.719. The van der Waals surface area contributed by atoms with Crippen LogP contribution in [0.2, 0.25) is 0 Å². The van der Waals surface area contributed by atoms with E-state index in [1.54, 1.807) is 23.5 Å². The number of thiophene rings is 1. The van der Waals surface area contributed by atoms with Crippen LogP contribution in [0.25, 0.3) is 0 Å². The average molecular weight is 301 g/mol. The molecule has 2 N–H and O–H groups in total. The lowest BCUT2D eigenvalue weighted by atomic mass is 10.1. The van der Waals surface area contributed by atoms with Gasteiger partial charge in [0.2, 0.25) is 5.91 Å². The highest BCUT2D eigenvalue weighted by atomic mass is 32.1. The maximum atomic E-state index is 12.2. The van der Waals surface area contributed by atoms with Crippen molar-refractivity contribution in [2.24, 2.45) is 5.92 Å². The molecule has 0 saturated heterocycles. The van der Waals surface area contributed by atoms with E-state index in [2.05, 4.69) is 18.3 Å². The molecule has 4 nitrogen and oxygen atoms in total. The summed E-state index contributed by atoms with van der Waals surface area (Å²) in [6.45, 7) is 2.06. The van der Waals surface area contributed by atoms with Crippen LogP contribution in [0.4, 0.5) is 5.69 Å². The maximum absolute atomic E-state index is 12.2.